The van der Waals surface area contributed by atoms with Gasteiger partial charge in [-0.15, -0.1) is 0 Å². The molecule has 0 aliphatic carbocycles. The highest BCUT2D eigenvalue weighted by atomic mass is 16.5. The van der Waals surface area contributed by atoms with E-state index in [0.717, 1.165) is 22.8 Å². The van der Waals surface area contributed by atoms with Crippen LogP contribution in [0.25, 0.3) is 11.8 Å². The van der Waals surface area contributed by atoms with Crippen molar-refractivity contribution in [2.75, 3.05) is 11.9 Å². The van der Waals surface area contributed by atoms with Crippen LogP contribution in [0, 0.1) is 6.92 Å². The van der Waals surface area contributed by atoms with Gasteiger partial charge >= 0.3 is 0 Å². The minimum atomic E-state index is -0.116. The number of hydrogen-bond donors (Lipinski definition) is 1. The molecule has 1 aliphatic rings. The molecule has 4 rings (SSSR count). The van der Waals surface area contributed by atoms with E-state index in [2.05, 4.69) is 10.8 Å². The second kappa shape index (κ2) is 5.89. The number of nitrogens with one attached hydrogen (secondary N) is 1. The number of aromatic nitrogens is 2. The van der Waals surface area contributed by atoms with Crippen molar-refractivity contribution in [2.24, 2.45) is 0 Å². The van der Waals surface area contributed by atoms with Gasteiger partial charge in [0, 0.05) is 18.8 Å². The number of hydrogen-bond acceptors (Lipinski definition) is 3. The molecule has 0 fully saturated rings. The van der Waals surface area contributed by atoms with Crippen LogP contribution >= 0.6 is 0 Å². The van der Waals surface area contributed by atoms with Gasteiger partial charge in [-0.2, -0.15) is 0 Å². The molecule has 0 atom stereocenters. The second-order valence-electron chi connectivity index (χ2n) is 5.85. The number of aryl methyl sites for hydroxylation is 1. The molecule has 3 aromatic rings. The Morgan fingerprint density at radius 1 is 1.08 bits per heavy atom. The average molecular weight is 331 g/mol. The largest absolute Gasteiger partial charge is 0.432 e. The zero-order chi connectivity index (χ0) is 17.4. The number of benzene rings is 2. The summed E-state index contributed by atoms with van der Waals surface area (Å²) in [6.45, 7) is 1.87. The van der Waals surface area contributed by atoms with Crippen molar-refractivity contribution >= 4 is 11.8 Å². The topological polar surface area (TPSA) is 50.3 Å². The van der Waals surface area contributed by atoms with Crippen molar-refractivity contribution in [2.45, 2.75) is 6.92 Å². The van der Waals surface area contributed by atoms with Crippen LogP contribution in [-0.4, -0.2) is 16.8 Å². The van der Waals surface area contributed by atoms with Crippen LogP contribution in [-0.2, 0) is 0 Å². The van der Waals surface area contributed by atoms with Crippen LogP contribution in [0.15, 0.2) is 71.0 Å². The van der Waals surface area contributed by atoms with Crippen LogP contribution in [0.1, 0.15) is 11.3 Å². The molecule has 1 aliphatic heterocycles. The van der Waals surface area contributed by atoms with E-state index in [1.807, 2.05) is 73.5 Å². The molecule has 5 nitrogen and oxygen atoms in total. The Bertz CT molecular complexity index is 1050. The van der Waals surface area contributed by atoms with E-state index in [1.54, 1.807) is 6.08 Å². The monoisotopic (exact) mass is 331 g/mol. The normalized spacial score (nSPS) is 12.6. The smallest absolute Gasteiger partial charge is 0.279 e. The summed E-state index contributed by atoms with van der Waals surface area (Å²) in [6.07, 6.45) is 1.67. The van der Waals surface area contributed by atoms with Crippen molar-refractivity contribution in [3.63, 3.8) is 0 Å². The van der Waals surface area contributed by atoms with E-state index in [9.17, 15) is 4.79 Å². The van der Waals surface area contributed by atoms with Crippen LogP contribution in [0.4, 0.5) is 5.69 Å². The zero-order valence-electron chi connectivity index (χ0n) is 14.0. The summed E-state index contributed by atoms with van der Waals surface area (Å²) >= 11 is 0. The molecule has 0 saturated heterocycles. The Hall–Kier alpha value is -3.43. The van der Waals surface area contributed by atoms with Crippen molar-refractivity contribution < 1.29 is 4.74 Å². The summed E-state index contributed by atoms with van der Waals surface area (Å²) in [4.78, 5) is 14.6. The van der Waals surface area contributed by atoms with Gasteiger partial charge in [0.05, 0.1) is 16.9 Å². The molecule has 2 heterocycles. The Labute approximate surface area is 145 Å². The van der Waals surface area contributed by atoms with E-state index in [1.165, 1.54) is 4.68 Å². The number of nitrogens with zero attached hydrogens (tertiary/aromatic N) is 2. The first-order valence-corrected chi connectivity index (χ1v) is 7.99. The zero-order valence-corrected chi connectivity index (χ0v) is 14.0. The van der Waals surface area contributed by atoms with Gasteiger partial charge in [-0.05, 0) is 31.2 Å². The maximum atomic E-state index is 12.7. The first-order valence-electron chi connectivity index (χ1n) is 7.99. The molecule has 25 heavy (non-hydrogen) atoms. The van der Waals surface area contributed by atoms with E-state index in [-0.39, 0.29) is 5.56 Å². The van der Waals surface area contributed by atoms with Gasteiger partial charge in [0.25, 0.3) is 5.56 Å². The Morgan fingerprint density at radius 3 is 2.56 bits per heavy atom. The molecule has 5 heteroatoms. The molecule has 0 saturated carbocycles. The van der Waals surface area contributed by atoms with Gasteiger partial charge in [0.2, 0.25) is 5.88 Å². The summed E-state index contributed by atoms with van der Waals surface area (Å²) in [5.74, 6) is 1.35. The molecule has 0 spiro atoms. The molecule has 0 amide bonds. The second-order valence-corrected chi connectivity index (χ2v) is 5.85. The first-order chi connectivity index (χ1) is 12.1. The van der Waals surface area contributed by atoms with Gasteiger partial charge in [0.1, 0.15) is 0 Å². The minimum Gasteiger partial charge on any atom is -0.432 e. The molecular weight excluding hydrogens is 314 g/mol. The van der Waals surface area contributed by atoms with Gasteiger partial charge < -0.3 is 9.64 Å². The quantitative estimate of drug-likeness (QED) is 0.732. The maximum absolute atomic E-state index is 12.7. The van der Waals surface area contributed by atoms with Crippen molar-refractivity contribution in [1.29, 1.82) is 0 Å². The minimum absolute atomic E-state index is 0.116. The molecule has 1 N–H and O–H groups in total. The van der Waals surface area contributed by atoms with Crippen molar-refractivity contribution in [3.8, 4) is 11.4 Å². The molecule has 1 aromatic heterocycles. The number of rotatable bonds is 2. The van der Waals surface area contributed by atoms with Crippen molar-refractivity contribution in [1.82, 2.24) is 9.78 Å². The molecule has 2 aromatic carbocycles. The number of fused-ring (bicyclic) bond motifs is 1. The average Bonchev–Trinajstić information content (AvgIpc) is 3.11. The standard InChI is InChI=1S/C20H17N3O2/c1-14-16(20(24)23(21-14)15-8-4-3-5-9-15)12-13-19-22(2)17-10-6-7-11-18(17)25-19/h3-12,21H,1-2H3. The van der Waals surface area contributed by atoms with Crippen molar-refractivity contribution in [3.05, 3.63) is 87.8 Å². The Morgan fingerprint density at radius 2 is 1.80 bits per heavy atom. The third-order valence-electron chi connectivity index (χ3n) is 4.21. The number of anilines is 1. The molecule has 124 valence electrons. The third-order valence-corrected chi connectivity index (χ3v) is 4.21. The predicted molar refractivity (Wildman–Crippen MR) is 98.1 cm³/mol. The summed E-state index contributed by atoms with van der Waals surface area (Å²) in [7, 11) is 1.91. The van der Waals surface area contributed by atoms with Crippen LogP contribution in [0.2, 0.25) is 0 Å². The summed E-state index contributed by atoms with van der Waals surface area (Å²) < 4.78 is 7.32. The number of ether oxygens (including phenoxy) is 1. The van der Waals surface area contributed by atoms with Crippen LogP contribution < -0.4 is 15.2 Å². The lowest BCUT2D eigenvalue weighted by Gasteiger charge is -2.07. The van der Waals surface area contributed by atoms with E-state index in [4.69, 9.17) is 4.74 Å². The first kappa shape index (κ1) is 15.1. The third kappa shape index (κ3) is 2.57. The maximum Gasteiger partial charge on any atom is 0.279 e. The van der Waals surface area contributed by atoms with Gasteiger partial charge in [0.15, 0.2) is 5.75 Å². The summed E-state index contributed by atoms with van der Waals surface area (Å²) in [6, 6.07) is 17.2. The fraction of sp³-hybridized carbons (Fsp3) is 0.100. The van der Waals surface area contributed by atoms with Gasteiger partial charge in [-0.3, -0.25) is 9.89 Å². The lowest BCUT2D eigenvalue weighted by atomic mass is 10.2. The highest BCUT2D eigenvalue weighted by Crippen LogP contribution is 2.36. The predicted octanol–water partition coefficient (Wildman–Crippen LogP) is 3.46. The number of aromatic amines is 1. The molecule has 0 bridgehead atoms. The van der Waals surface area contributed by atoms with E-state index >= 15 is 0 Å². The lowest BCUT2D eigenvalue weighted by molar-refractivity contribution is 0.445. The molecule has 0 unspecified atom stereocenters. The molecule has 0 radical (unpaired) electrons. The number of para-hydroxylation sites is 3. The Kier molecular flexibility index (Phi) is 3.56. The summed E-state index contributed by atoms with van der Waals surface area (Å²) in [5, 5.41) is 3.10. The lowest BCUT2D eigenvalue weighted by Crippen LogP contribution is -2.15. The van der Waals surface area contributed by atoms with Crippen LogP contribution in [0.3, 0.4) is 0 Å². The Balaban J connectivity index is 1.74. The number of H-pyrrole nitrogens is 1. The summed E-state index contributed by atoms with van der Waals surface area (Å²) in [5.41, 5.74) is 6.10. The fourth-order valence-corrected chi connectivity index (χ4v) is 2.85. The van der Waals surface area contributed by atoms with Gasteiger partial charge in [-0.25, -0.2) is 4.68 Å². The fourth-order valence-electron chi connectivity index (χ4n) is 2.85. The van der Waals surface area contributed by atoms with E-state index in [0.29, 0.717) is 11.4 Å². The van der Waals surface area contributed by atoms with E-state index < -0.39 is 0 Å². The van der Waals surface area contributed by atoms with Gasteiger partial charge in [-0.1, -0.05) is 36.1 Å². The highest BCUT2D eigenvalue weighted by Gasteiger charge is 2.21. The highest BCUT2D eigenvalue weighted by molar-refractivity contribution is 5.66. The SMILES string of the molecule is Cc1[nH]n(-c2ccccc2)c(=O)c1C=C=C1Oc2ccccc2N1C. The van der Waals surface area contributed by atoms with Crippen LogP contribution in [0.5, 0.6) is 5.75 Å². The molecular formula is C20H17N3O2.